The first-order valence-corrected chi connectivity index (χ1v) is 4.48. The van der Waals surface area contributed by atoms with E-state index in [0.29, 0.717) is 0 Å². The second-order valence-electron chi connectivity index (χ2n) is 2.53. The molecule has 1 atom stereocenters. The van der Waals surface area contributed by atoms with E-state index in [1.165, 1.54) is 8.19 Å². The van der Waals surface area contributed by atoms with Crippen molar-refractivity contribution in [2.24, 2.45) is 0 Å². The molecule has 0 saturated carbocycles. The lowest BCUT2D eigenvalue weighted by Crippen LogP contribution is -1.96. The molecule has 0 fully saturated rings. The van der Waals surface area contributed by atoms with Crippen molar-refractivity contribution in [1.29, 1.82) is 0 Å². The van der Waals surface area contributed by atoms with Crippen molar-refractivity contribution in [3.8, 4) is 0 Å². The van der Waals surface area contributed by atoms with Gasteiger partial charge in [-0.1, -0.05) is 26.9 Å². The first-order valence-electron chi connectivity index (χ1n) is 3.45. The molecule has 1 rings (SSSR count). The smallest absolute Gasteiger partial charge is 0.0995 e. The monoisotopic (exact) mass is 166 g/mol. The van der Waals surface area contributed by atoms with Gasteiger partial charge in [0.05, 0.1) is 6.10 Å². The van der Waals surface area contributed by atoms with Crippen molar-refractivity contribution in [3.05, 3.63) is 41.4 Å². The zero-order valence-corrected chi connectivity index (χ0v) is 7.38. The van der Waals surface area contributed by atoms with E-state index in [9.17, 15) is 5.11 Å². The molecule has 2 heteroatoms. The largest absolute Gasteiger partial charge is 0.384 e. The molecule has 0 bridgehead atoms. The van der Waals surface area contributed by atoms with Crippen LogP contribution in [0.25, 0.3) is 0 Å². The lowest BCUT2D eigenvalue weighted by Gasteiger charge is -2.08. The van der Waals surface area contributed by atoms with Gasteiger partial charge < -0.3 is 5.11 Å². The Hall–Kier alpha value is -0.650. The third-order valence-electron chi connectivity index (χ3n) is 1.49. The zero-order chi connectivity index (χ0) is 8.27. The Kier molecular flexibility index (Phi) is 2.81. The lowest BCUT2D eigenvalue weighted by molar-refractivity contribution is 0.216. The van der Waals surface area contributed by atoms with Gasteiger partial charge in [-0.05, 0) is 29.7 Å². The quantitative estimate of drug-likeness (QED) is 0.670. The molecule has 0 aliphatic carbocycles. The molecule has 1 N–H and O–H groups in total. The molecule has 1 unspecified atom stereocenters. The zero-order valence-electron chi connectivity index (χ0n) is 6.49. The first kappa shape index (κ1) is 8.45. The van der Waals surface area contributed by atoms with E-state index in [1.54, 1.807) is 0 Å². The van der Waals surface area contributed by atoms with E-state index < -0.39 is 6.10 Å². The second kappa shape index (κ2) is 3.66. The summed E-state index contributed by atoms with van der Waals surface area (Å²) in [4.78, 5) is 0. The molecule has 0 aliphatic heterocycles. The van der Waals surface area contributed by atoms with Crippen LogP contribution in [0.4, 0.5) is 0 Å². The average Bonchev–Trinajstić information content (AvgIpc) is 2.05. The molecule has 0 spiro atoms. The Morgan fingerprint density at radius 2 is 2.09 bits per heavy atom. The van der Waals surface area contributed by atoms with Gasteiger partial charge in [0.1, 0.15) is 0 Å². The topological polar surface area (TPSA) is 20.2 Å². The molecular formula is C9H11OP. The summed E-state index contributed by atoms with van der Waals surface area (Å²) in [6.07, 6.45) is -0.502. The lowest BCUT2D eigenvalue weighted by atomic mass is 10.1. The van der Waals surface area contributed by atoms with Gasteiger partial charge in [-0.15, -0.1) is 0 Å². The van der Waals surface area contributed by atoms with Crippen LogP contribution in [0.5, 0.6) is 0 Å². The number of hydrogen-bond donors (Lipinski definition) is 1. The van der Waals surface area contributed by atoms with Crippen LogP contribution in [0, 0.1) is 0 Å². The predicted molar refractivity (Wildman–Crippen MR) is 48.7 cm³/mol. The van der Waals surface area contributed by atoms with Gasteiger partial charge in [0, 0.05) is 0 Å². The van der Waals surface area contributed by atoms with Crippen LogP contribution in [-0.2, 0) is 0 Å². The Morgan fingerprint density at radius 3 is 2.55 bits per heavy atom. The molecule has 11 heavy (non-hydrogen) atoms. The summed E-state index contributed by atoms with van der Waals surface area (Å²) in [5.74, 6) is 4.00. The summed E-state index contributed by atoms with van der Waals surface area (Å²) in [5.41, 5.74) is 1.71. The summed E-state index contributed by atoms with van der Waals surface area (Å²) >= 11 is 0. The third-order valence-corrected chi connectivity index (χ3v) is 2.13. The van der Waals surface area contributed by atoms with E-state index in [4.69, 9.17) is 0 Å². The summed E-state index contributed by atoms with van der Waals surface area (Å²) in [7, 11) is 1.18. The highest BCUT2D eigenvalue weighted by Gasteiger charge is 2.05. The minimum Gasteiger partial charge on any atom is -0.384 e. The summed E-state index contributed by atoms with van der Waals surface area (Å²) in [6, 6.07) is 3.86. The molecule has 0 aromatic carbocycles. The van der Waals surface area contributed by atoms with Crippen LogP contribution in [-0.4, -0.2) is 5.11 Å². The SMILES string of the molecule is C=C(C)C(O)c1ccpcc1. The highest BCUT2D eigenvalue weighted by atomic mass is 31.0. The van der Waals surface area contributed by atoms with E-state index in [1.807, 2.05) is 30.7 Å². The Balaban J connectivity index is 2.85. The number of aliphatic hydroxyl groups excluding tert-OH is 1. The van der Waals surface area contributed by atoms with Crippen molar-refractivity contribution >= 4 is 8.19 Å². The van der Waals surface area contributed by atoms with Gasteiger partial charge in [0.25, 0.3) is 0 Å². The van der Waals surface area contributed by atoms with Crippen LogP contribution in [0.1, 0.15) is 18.6 Å². The van der Waals surface area contributed by atoms with E-state index in [2.05, 4.69) is 6.58 Å². The van der Waals surface area contributed by atoms with Crippen LogP contribution in [0.2, 0.25) is 0 Å². The summed E-state index contributed by atoms with van der Waals surface area (Å²) < 4.78 is 0. The Labute approximate surface area is 68.5 Å². The van der Waals surface area contributed by atoms with Gasteiger partial charge in [-0.25, -0.2) is 0 Å². The van der Waals surface area contributed by atoms with Gasteiger partial charge in [0.15, 0.2) is 0 Å². The molecule has 0 saturated heterocycles. The van der Waals surface area contributed by atoms with Crippen LogP contribution >= 0.6 is 8.19 Å². The van der Waals surface area contributed by atoms with Crippen molar-refractivity contribution in [1.82, 2.24) is 0 Å². The standard InChI is InChI=1S/C9H11OP/c1-7(2)9(10)8-3-5-11-6-4-8/h3-6,9-10H,1H2,2H3. The summed E-state index contributed by atoms with van der Waals surface area (Å²) in [5, 5.41) is 9.51. The van der Waals surface area contributed by atoms with Crippen molar-refractivity contribution < 1.29 is 5.11 Å². The molecular weight excluding hydrogens is 155 g/mol. The molecule has 58 valence electrons. The first-order chi connectivity index (χ1) is 5.22. The fraction of sp³-hybridized carbons (Fsp3) is 0.222. The molecule has 1 nitrogen and oxygen atoms in total. The molecule has 1 aromatic rings. The van der Waals surface area contributed by atoms with Gasteiger partial charge in [-0.2, -0.15) is 0 Å². The van der Waals surface area contributed by atoms with E-state index in [0.717, 1.165) is 11.1 Å². The minimum absolute atomic E-state index is 0.502. The fourth-order valence-electron chi connectivity index (χ4n) is 0.830. The van der Waals surface area contributed by atoms with Crippen LogP contribution in [0.15, 0.2) is 35.9 Å². The average molecular weight is 166 g/mol. The highest BCUT2D eigenvalue weighted by Crippen LogP contribution is 2.20. The fourth-order valence-corrected chi connectivity index (χ4v) is 1.45. The molecule has 1 heterocycles. The summed E-state index contributed by atoms with van der Waals surface area (Å²) in [6.45, 7) is 5.51. The number of rotatable bonds is 2. The predicted octanol–water partition coefficient (Wildman–Crippen LogP) is 2.88. The minimum atomic E-state index is -0.502. The van der Waals surface area contributed by atoms with Gasteiger partial charge in [0.2, 0.25) is 0 Å². The van der Waals surface area contributed by atoms with Crippen LogP contribution < -0.4 is 0 Å². The maximum Gasteiger partial charge on any atom is 0.0995 e. The molecule has 0 aliphatic rings. The highest BCUT2D eigenvalue weighted by molar-refractivity contribution is 7.28. The van der Waals surface area contributed by atoms with Crippen molar-refractivity contribution in [3.63, 3.8) is 0 Å². The normalized spacial score (nSPS) is 12.5. The number of aliphatic hydroxyl groups is 1. The van der Waals surface area contributed by atoms with Crippen molar-refractivity contribution in [2.75, 3.05) is 0 Å². The Morgan fingerprint density at radius 1 is 1.55 bits per heavy atom. The molecule has 0 radical (unpaired) electrons. The molecule has 1 aromatic heterocycles. The van der Waals surface area contributed by atoms with Crippen molar-refractivity contribution in [2.45, 2.75) is 13.0 Å². The maximum absolute atomic E-state index is 9.51. The van der Waals surface area contributed by atoms with Gasteiger partial charge >= 0.3 is 0 Å². The van der Waals surface area contributed by atoms with E-state index in [-0.39, 0.29) is 0 Å². The molecule has 0 amide bonds. The Bertz CT molecular complexity index is 243. The number of hydrogen-bond acceptors (Lipinski definition) is 1. The van der Waals surface area contributed by atoms with E-state index >= 15 is 0 Å². The third kappa shape index (κ3) is 2.14. The second-order valence-corrected chi connectivity index (χ2v) is 3.42. The van der Waals surface area contributed by atoms with Crippen LogP contribution in [0.3, 0.4) is 0 Å². The maximum atomic E-state index is 9.51. The van der Waals surface area contributed by atoms with Gasteiger partial charge in [-0.3, -0.25) is 0 Å².